The second kappa shape index (κ2) is 5.83. The first-order valence-electron chi connectivity index (χ1n) is 6.48. The summed E-state index contributed by atoms with van der Waals surface area (Å²) < 4.78 is 0. The molecule has 1 aliphatic rings. The number of nitrogens with zero attached hydrogens (tertiary/aromatic N) is 1. The maximum atomic E-state index is 11.6. The molecule has 1 aromatic carbocycles. The Kier molecular flexibility index (Phi) is 4.14. The van der Waals surface area contributed by atoms with Gasteiger partial charge in [-0.05, 0) is 43.0 Å². The molecule has 0 spiro atoms. The van der Waals surface area contributed by atoms with Gasteiger partial charge in [-0.1, -0.05) is 0 Å². The van der Waals surface area contributed by atoms with E-state index < -0.39 is 4.92 Å². The van der Waals surface area contributed by atoms with Crippen LogP contribution in [0.5, 0.6) is 0 Å². The molecule has 0 bridgehead atoms. The maximum Gasteiger partial charge on any atom is 0.269 e. The van der Waals surface area contributed by atoms with Crippen LogP contribution in [0, 0.1) is 10.1 Å². The number of hydrogen-bond donors (Lipinski definition) is 2. The molecular weight excluding hydrogens is 258 g/mol. The lowest BCUT2D eigenvalue weighted by Crippen LogP contribution is -2.54. The highest BCUT2D eigenvalue weighted by Crippen LogP contribution is 2.27. The van der Waals surface area contributed by atoms with Crippen LogP contribution in [0.3, 0.4) is 0 Å². The Morgan fingerprint density at radius 3 is 2.55 bits per heavy atom. The molecule has 106 valence electrons. The van der Waals surface area contributed by atoms with E-state index in [1.165, 1.54) is 18.2 Å². The summed E-state index contributed by atoms with van der Waals surface area (Å²) in [4.78, 5) is 21.7. The standard InChI is InChI=1S/C14H17N3O3/c15-14(8-1-9-14)10-16-13(18)7-4-11-2-5-12(6-3-11)17(19)20/h2-7H,1,8-10,15H2,(H,16,18)/b7-4+. The van der Waals surface area contributed by atoms with Crippen LogP contribution in [0.25, 0.3) is 6.08 Å². The molecule has 0 heterocycles. The van der Waals surface area contributed by atoms with E-state index in [0.717, 1.165) is 24.8 Å². The zero-order valence-corrected chi connectivity index (χ0v) is 11.0. The summed E-state index contributed by atoms with van der Waals surface area (Å²) >= 11 is 0. The van der Waals surface area contributed by atoms with Crippen molar-refractivity contribution in [2.75, 3.05) is 6.54 Å². The second-order valence-electron chi connectivity index (χ2n) is 5.12. The Labute approximate surface area is 116 Å². The Balaban J connectivity index is 1.85. The molecule has 0 unspecified atom stereocenters. The van der Waals surface area contributed by atoms with E-state index in [4.69, 9.17) is 5.73 Å². The molecule has 0 aliphatic heterocycles. The van der Waals surface area contributed by atoms with Crippen molar-refractivity contribution in [3.8, 4) is 0 Å². The lowest BCUT2D eigenvalue weighted by Gasteiger charge is -2.37. The summed E-state index contributed by atoms with van der Waals surface area (Å²) in [6.45, 7) is 0.483. The molecule has 1 aliphatic carbocycles. The SMILES string of the molecule is NC1(CNC(=O)/C=C/c2ccc([N+](=O)[O-])cc2)CCC1. The number of carbonyl (C=O) groups is 1. The minimum absolute atomic E-state index is 0.0293. The zero-order chi connectivity index (χ0) is 14.6. The fourth-order valence-corrected chi connectivity index (χ4v) is 2.01. The third-order valence-electron chi connectivity index (χ3n) is 3.50. The van der Waals surface area contributed by atoms with Crippen molar-refractivity contribution in [1.29, 1.82) is 0 Å². The molecule has 0 radical (unpaired) electrons. The summed E-state index contributed by atoms with van der Waals surface area (Å²) in [5.74, 6) is -0.208. The number of amides is 1. The fourth-order valence-electron chi connectivity index (χ4n) is 2.01. The smallest absolute Gasteiger partial charge is 0.269 e. The van der Waals surface area contributed by atoms with Crippen molar-refractivity contribution >= 4 is 17.7 Å². The van der Waals surface area contributed by atoms with E-state index in [-0.39, 0.29) is 17.1 Å². The number of carbonyl (C=O) groups excluding carboxylic acids is 1. The van der Waals surface area contributed by atoms with Crippen molar-refractivity contribution in [1.82, 2.24) is 5.32 Å². The van der Waals surface area contributed by atoms with E-state index in [0.29, 0.717) is 6.54 Å². The van der Waals surface area contributed by atoms with E-state index in [2.05, 4.69) is 5.32 Å². The third-order valence-corrected chi connectivity index (χ3v) is 3.50. The van der Waals surface area contributed by atoms with Crippen LogP contribution in [-0.4, -0.2) is 22.9 Å². The predicted octanol–water partition coefficient (Wildman–Crippen LogP) is 1.61. The lowest BCUT2D eigenvalue weighted by atomic mass is 9.78. The van der Waals surface area contributed by atoms with Gasteiger partial charge in [0, 0.05) is 30.3 Å². The quantitative estimate of drug-likeness (QED) is 0.484. The molecule has 0 atom stereocenters. The van der Waals surface area contributed by atoms with Crippen LogP contribution in [0.4, 0.5) is 5.69 Å². The highest BCUT2D eigenvalue weighted by atomic mass is 16.6. The molecule has 0 aromatic heterocycles. The summed E-state index contributed by atoms with van der Waals surface area (Å²) in [7, 11) is 0. The average molecular weight is 275 g/mol. The van der Waals surface area contributed by atoms with Crippen LogP contribution in [0.15, 0.2) is 30.3 Å². The number of benzene rings is 1. The highest BCUT2D eigenvalue weighted by Gasteiger charge is 2.32. The molecule has 1 amide bonds. The van der Waals surface area contributed by atoms with Crippen LogP contribution < -0.4 is 11.1 Å². The molecule has 6 heteroatoms. The number of nitrogens with one attached hydrogen (secondary N) is 1. The molecule has 1 fully saturated rings. The van der Waals surface area contributed by atoms with Gasteiger partial charge in [0.1, 0.15) is 0 Å². The Bertz CT molecular complexity index is 533. The number of hydrogen-bond acceptors (Lipinski definition) is 4. The van der Waals surface area contributed by atoms with Gasteiger partial charge in [0.2, 0.25) is 5.91 Å². The van der Waals surface area contributed by atoms with Gasteiger partial charge in [0.05, 0.1) is 4.92 Å². The van der Waals surface area contributed by atoms with E-state index >= 15 is 0 Å². The van der Waals surface area contributed by atoms with Crippen LogP contribution in [-0.2, 0) is 4.79 Å². The van der Waals surface area contributed by atoms with Gasteiger partial charge in [-0.2, -0.15) is 0 Å². The van der Waals surface area contributed by atoms with E-state index in [1.54, 1.807) is 18.2 Å². The van der Waals surface area contributed by atoms with Crippen molar-refractivity contribution in [3.05, 3.63) is 46.0 Å². The van der Waals surface area contributed by atoms with Crippen molar-refractivity contribution in [2.24, 2.45) is 5.73 Å². The summed E-state index contributed by atoms with van der Waals surface area (Å²) in [5.41, 5.74) is 6.52. The fraction of sp³-hybridized carbons (Fsp3) is 0.357. The molecule has 0 saturated heterocycles. The van der Waals surface area contributed by atoms with Crippen LogP contribution in [0.1, 0.15) is 24.8 Å². The van der Waals surface area contributed by atoms with Gasteiger partial charge in [-0.15, -0.1) is 0 Å². The van der Waals surface area contributed by atoms with Gasteiger partial charge < -0.3 is 11.1 Å². The number of nitrogens with two attached hydrogens (primary N) is 1. The molecule has 3 N–H and O–H groups in total. The first-order valence-corrected chi connectivity index (χ1v) is 6.48. The summed E-state index contributed by atoms with van der Waals surface area (Å²) in [6, 6.07) is 6.00. The number of rotatable bonds is 5. The molecule has 1 aromatic rings. The number of nitro benzene ring substituents is 1. The van der Waals surface area contributed by atoms with Gasteiger partial charge in [-0.25, -0.2) is 0 Å². The van der Waals surface area contributed by atoms with Crippen molar-refractivity contribution in [3.63, 3.8) is 0 Å². The molecule has 2 rings (SSSR count). The van der Waals surface area contributed by atoms with Gasteiger partial charge in [0.15, 0.2) is 0 Å². The monoisotopic (exact) mass is 275 g/mol. The first kappa shape index (κ1) is 14.2. The Hall–Kier alpha value is -2.21. The number of nitro groups is 1. The Morgan fingerprint density at radius 2 is 2.05 bits per heavy atom. The second-order valence-corrected chi connectivity index (χ2v) is 5.12. The predicted molar refractivity (Wildman–Crippen MR) is 75.9 cm³/mol. The van der Waals surface area contributed by atoms with Crippen molar-refractivity contribution < 1.29 is 9.72 Å². The summed E-state index contributed by atoms with van der Waals surface area (Å²) in [6.07, 6.45) is 6.02. The summed E-state index contributed by atoms with van der Waals surface area (Å²) in [5, 5.41) is 13.3. The first-order chi connectivity index (χ1) is 9.48. The minimum Gasteiger partial charge on any atom is -0.351 e. The van der Waals surface area contributed by atoms with E-state index in [1.807, 2.05) is 0 Å². The van der Waals surface area contributed by atoms with Crippen LogP contribution in [0.2, 0.25) is 0 Å². The molecular formula is C14H17N3O3. The molecule has 6 nitrogen and oxygen atoms in total. The minimum atomic E-state index is -0.459. The molecule has 1 saturated carbocycles. The van der Waals surface area contributed by atoms with Crippen molar-refractivity contribution in [2.45, 2.75) is 24.8 Å². The largest absolute Gasteiger partial charge is 0.351 e. The van der Waals surface area contributed by atoms with Gasteiger partial charge in [-0.3, -0.25) is 14.9 Å². The normalized spacial score (nSPS) is 16.6. The maximum absolute atomic E-state index is 11.6. The highest BCUT2D eigenvalue weighted by molar-refractivity contribution is 5.91. The van der Waals surface area contributed by atoms with E-state index in [9.17, 15) is 14.9 Å². The Morgan fingerprint density at radius 1 is 1.40 bits per heavy atom. The van der Waals surface area contributed by atoms with Gasteiger partial charge >= 0.3 is 0 Å². The lowest BCUT2D eigenvalue weighted by molar-refractivity contribution is -0.384. The number of non-ortho nitro benzene ring substituents is 1. The average Bonchev–Trinajstić information content (AvgIpc) is 2.41. The van der Waals surface area contributed by atoms with Gasteiger partial charge in [0.25, 0.3) is 5.69 Å². The zero-order valence-electron chi connectivity index (χ0n) is 11.0. The van der Waals surface area contributed by atoms with Crippen LogP contribution >= 0.6 is 0 Å². The third kappa shape index (κ3) is 3.64. The molecule has 20 heavy (non-hydrogen) atoms. The topological polar surface area (TPSA) is 98.3 Å².